The van der Waals surface area contributed by atoms with Crippen LogP contribution in [0.2, 0.25) is 0 Å². The lowest BCUT2D eigenvalue weighted by Gasteiger charge is -2.32. The van der Waals surface area contributed by atoms with E-state index in [2.05, 4.69) is 46.2 Å². The highest BCUT2D eigenvalue weighted by Crippen LogP contribution is 2.27. The van der Waals surface area contributed by atoms with Crippen LogP contribution in [0, 0.1) is 0 Å². The predicted molar refractivity (Wildman–Crippen MR) is 120 cm³/mol. The smallest absolute Gasteiger partial charge is 0.253 e. The number of fused-ring (bicyclic) bond motifs is 1. The van der Waals surface area contributed by atoms with Gasteiger partial charge in [0.15, 0.2) is 0 Å². The van der Waals surface area contributed by atoms with Gasteiger partial charge in [0.1, 0.15) is 0 Å². The number of aromatic nitrogens is 2. The van der Waals surface area contributed by atoms with Gasteiger partial charge in [0.05, 0.1) is 0 Å². The van der Waals surface area contributed by atoms with Gasteiger partial charge >= 0.3 is 0 Å². The number of rotatable bonds is 3. The molecule has 30 heavy (non-hydrogen) atoms. The zero-order chi connectivity index (χ0) is 20.5. The zero-order valence-electron chi connectivity index (χ0n) is 17.0. The zero-order valence-corrected chi connectivity index (χ0v) is 17.0. The summed E-state index contributed by atoms with van der Waals surface area (Å²) in [5.41, 5.74) is 6.03. The minimum Gasteiger partial charge on any atom is -0.354 e. The van der Waals surface area contributed by atoms with Crippen LogP contribution in [0.4, 0.5) is 0 Å². The molecule has 150 valence electrons. The van der Waals surface area contributed by atoms with Gasteiger partial charge in [-0.1, -0.05) is 30.3 Å². The second-order valence-electron chi connectivity index (χ2n) is 7.91. The van der Waals surface area contributed by atoms with Gasteiger partial charge < -0.3 is 14.8 Å². The number of amides is 1. The van der Waals surface area contributed by atoms with Gasteiger partial charge in [0.25, 0.3) is 5.91 Å². The molecule has 0 spiro atoms. The fourth-order valence-corrected chi connectivity index (χ4v) is 3.97. The van der Waals surface area contributed by atoms with Crippen LogP contribution in [0.1, 0.15) is 10.4 Å². The number of carbonyl (C=O) groups is 1. The topological polar surface area (TPSA) is 52.2 Å². The molecule has 1 aliphatic rings. The van der Waals surface area contributed by atoms with Crippen LogP contribution in [0.25, 0.3) is 33.3 Å². The van der Waals surface area contributed by atoms with Crippen molar-refractivity contribution in [3.63, 3.8) is 0 Å². The average Bonchev–Trinajstić information content (AvgIpc) is 3.24. The first kappa shape index (κ1) is 18.6. The molecule has 0 bridgehead atoms. The predicted octanol–water partition coefficient (Wildman–Crippen LogP) is 4.28. The van der Waals surface area contributed by atoms with Crippen molar-refractivity contribution in [1.29, 1.82) is 0 Å². The Labute approximate surface area is 176 Å². The molecular weight excluding hydrogens is 372 g/mol. The van der Waals surface area contributed by atoms with Crippen molar-refractivity contribution in [1.82, 2.24) is 19.8 Å². The number of pyridine rings is 1. The van der Waals surface area contributed by atoms with Crippen LogP contribution < -0.4 is 0 Å². The van der Waals surface area contributed by atoms with E-state index in [1.807, 2.05) is 53.7 Å². The number of piperazine rings is 1. The molecule has 0 radical (unpaired) electrons. The third-order valence-corrected chi connectivity index (χ3v) is 5.83. The summed E-state index contributed by atoms with van der Waals surface area (Å²) >= 11 is 0. The summed E-state index contributed by atoms with van der Waals surface area (Å²) in [6, 6.07) is 20.4. The maximum Gasteiger partial charge on any atom is 0.253 e. The Morgan fingerprint density at radius 3 is 2.37 bits per heavy atom. The Balaban J connectivity index is 1.38. The summed E-state index contributed by atoms with van der Waals surface area (Å²) in [5, 5.41) is 1.18. The van der Waals surface area contributed by atoms with E-state index in [1.54, 1.807) is 0 Å². The molecule has 4 aromatic rings. The number of hydrogen-bond donors (Lipinski definition) is 1. The van der Waals surface area contributed by atoms with Gasteiger partial charge in [-0.05, 0) is 42.9 Å². The molecule has 0 saturated carbocycles. The molecule has 1 saturated heterocycles. The molecule has 1 amide bonds. The molecule has 1 aliphatic heterocycles. The highest BCUT2D eigenvalue weighted by atomic mass is 16.2. The molecule has 1 N–H and O–H groups in total. The van der Waals surface area contributed by atoms with Gasteiger partial charge in [-0.25, -0.2) is 0 Å². The number of nitrogens with one attached hydrogen (secondary N) is 1. The maximum atomic E-state index is 12.8. The number of carbonyl (C=O) groups excluding carboxylic acids is 1. The summed E-state index contributed by atoms with van der Waals surface area (Å²) in [7, 11) is 2.09. The molecule has 0 atom stereocenters. The molecule has 5 rings (SSSR count). The van der Waals surface area contributed by atoms with Gasteiger partial charge in [-0.2, -0.15) is 0 Å². The first-order chi connectivity index (χ1) is 14.7. The van der Waals surface area contributed by atoms with Crippen molar-refractivity contribution in [2.75, 3.05) is 33.2 Å². The van der Waals surface area contributed by atoms with Crippen molar-refractivity contribution in [3.8, 4) is 22.4 Å². The maximum absolute atomic E-state index is 12.8. The van der Waals surface area contributed by atoms with E-state index >= 15 is 0 Å². The summed E-state index contributed by atoms with van der Waals surface area (Å²) in [6.07, 6.45) is 3.74. The Morgan fingerprint density at radius 2 is 1.60 bits per heavy atom. The molecule has 3 heterocycles. The van der Waals surface area contributed by atoms with Crippen molar-refractivity contribution >= 4 is 16.8 Å². The SMILES string of the molecule is CN1CCN(C(=O)c2ccc(-c3cncc(-c4cc5ccccc5[nH]4)c3)cc2)CC1. The van der Waals surface area contributed by atoms with Gasteiger partial charge in [-0.15, -0.1) is 0 Å². The van der Waals surface area contributed by atoms with E-state index in [1.165, 1.54) is 5.39 Å². The second kappa shape index (κ2) is 7.76. The number of hydrogen-bond acceptors (Lipinski definition) is 3. The van der Waals surface area contributed by atoms with Crippen molar-refractivity contribution < 1.29 is 4.79 Å². The lowest BCUT2D eigenvalue weighted by Crippen LogP contribution is -2.47. The van der Waals surface area contributed by atoms with Crippen molar-refractivity contribution in [2.24, 2.45) is 0 Å². The minimum atomic E-state index is 0.111. The van der Waals surface area contributed by atoms with E-state index < -0.39 is 0 Å². The number of para-hydroxylation sites is 1. The summed E-state index contributed by atoms with van der Waals surface area (Å²) in [5.74, 6) is 0.111. The van der Waals surface area contributed by atoms with E-state index in [-0.39, 0.29) is 5.91 Å². The quantitative estimate of drug-likeness (QED) is 0.562. The Hall–Kier alpha value is -3.44. The normalized spacial score (nSPS) is 14.9. The van der Waals surface area contributed by atoms with Crippen LogP contribution >= 0.6 is 0 Å². The Morgan fingerprint density at radius 1 is 0.867 bits per heavy atom. The third kappa shape index (κ3) is 3.60. The number of nitrogens with zero attached hydrogens (tertiary/aromatic N) is 3. The lowest BCUT2D eigenvalue weighted by atomic mass is 10.0. The highest BCUT2D eigenvalue weighted by molar-refractivity contribution is 5.95. The van der Waals surface area contributed by atoms with Crippen LogP contribution in [0.3, 0.4) is 0 Å². The second-order valence-corrected chi connectivity index (χ2v) is 7.91. The molecule has 2 aromatic carbocycles. The Kier molecular flexibility index (Phi) is 4.81. The number of H-pyrrole nitrogens is 1. The van der Waals surface area contributed by atoms with Crippen molar-refractivity contribution in [2.45, 2.75) is 0 Å². The van der Waals surface area contributed by atoms with Gasteiger partial charge in [0, 0.05) is 71.9 Å². The molecule has 2 aromatic heterocycles. The standard InChI is InChI=1S/C25H24N4O/c1-28-10-12-29(13-11-28)25(30)19-8-6-18(7-9-19)21-14-22(17-26-16-21)24-15-20-4-2-3-5-23(20)27-24/h2-9,14-17,27H,10-13H2,1H3. The number of benzene rings is 2. The first-order valence-electron chi connectivity index (χ1n) is 10.3. The van der Waals surface area contributed by atoms with Crippen LogP contribution in [0.5, 0.6) is 0 Å². The molecule has 0 unspecified atom stereocenters. The van der Waals surface area contributed by atoms with E-state index in [0.29, 0.717) is 0 Å². The fraction of sp³-hybridized carbons (Fsp3) is 0.200. The van der Waals surface area contributed by atoms with Gasteiger partial charge in [0.2, 0.25) is 0 Å². The van der Waals surface area contributed by atoms with Crippen LogP contribution in [-0.2, 0) is 0 Å². The Bertz CT molecular complexity index is 1150. The molecule has 1 fully saturated rings. The minimum absolute atomic E-state index is 0.111. The largest absolute Gasteiger partial charge is 0.354 e. The summed E-state index contributed by atoms with van der Waals surface area (Å²) in [6.45, 7) is 3.42. The fourth-order valence-electron chi connectivity index (χ4n) is 3.97. The van der Waals surface area contributed by atoms with Gasteiger partial charge in [-0.3, -0.25) is 9.78 Å². The monoisotopic (exact) mass is 396 g/mol. The number of aromatic amines is 1. The third-order valence-electron chi connectivity index (χ3n) is 5.83. The average molecular weight is 396 g/mol. The van der Waals surface area contributed by atoms with E-state index in [4.69, 9.17) is 0 Å². The van der Waals surface area contributed by atoms with Crippen LogP contribution in [-0.4, -0.2) is 58.9 Å². The summed E-state index contributed by atoms with van der Waals surface area (Å²) < 4.78 is 0. The number of likely N-dealkylation sites (N-methyl/N-ethyl adjacent to an activating group) is 1. The molecule has 5 nitrogen and oxygen atoms in total. The lowest BCUT2D eigenvalue weighted by molar-refractivity contribution is 0.0664. The highest BCUT2D eigenvalue weighted by Gasteiger charge is 2.20. The summed E-state index contributed by atoms with van der Waals surface area (Å²) in [4.78, 5) is 24.9. The molecule has 0 aliphatic carbocycles. The molecule has 5 heteroatoms. The van der Waals surface area contributed by atoms with Crippen molar-refractivity contribution in [3.05, 3.63) is 78.6 Å². The molecular formula is C25H24N4O. The van der Waals surface area contributed by atoms with Crippen LogP contribution in [0.15, 0.2) is 73.1 Å². The van der Waals surface area contributed by atoms with E-state index in [0.717, 1.165) is 59.6 Å². The van der Waals surface area contributed by atoms with E-state index in [9.17, 15) is 4.79 Å². The first-order valence-corrected chi connectivity index (χ1v) is 10.3.